The molecule has 23 heavy (non-hydrogen) atoms. The second-order valence-corrected chi connectivity index (χ2v) is 5.53. The second-order valence-electron chi connectivity index (χ2n) is 5.53. The molecule has 1 aliphatic rings. The molecule has 1 fully saturated rings. The minimum absolute atomic E-state index is 0.0257. The van der Waals surface area contributed by atoms with Crippen LogP contribution in [0, 0.1) is 0 Å². The maximum absolute atomic E-state index is 14.4. The van der Waals surface area contributed by atoms with Crippen molar-refractivity contribution in [2.75, 3.05) is 19.0 Å². The molecule has 1 saturated heterocycles. The number of imidazole rings is 1. The maximum atomic E-state index is 14.4. The first-order valence-corrected chi connectivity index (χ1v) is 6.77. The van der Waals surface area contributed by atoms with Crippen LogP contribution >= 0.6 is 0 Å². The van der Waals surface area contributed by atoms with E-state index in [1.807, 2.05) is 0 Å². The molecule has 0 saturated carbocycles. The number of H-pyrrole nitrogens is 1. The van der Waals surface area contributed by atoms with Gasteiger partial charge in [0, 0.05) is 7.05 Å². The van der Waals surface area contributed by atoms with E-state index in [4.69, 9.17) is 9.84 Å². The van der Waals surface area contributed by atoms with Gasteiger partial charge in [0.15, 0.2) is 17.4 Å². The number of nitrogens with zero attached hydrogens (tertiary/aromatic N) is 3. The molecule has 2 aromatic heterocycles. The Kier molecular flexibility index (Phi) is 3.41. The van der Waals surface area contributed by atoms with Crippen LogP contribution < -0.4 is 10.9 Å². The SMILES string of the molecule is CNc1nc2c(ncn2[C@@H]2O[C@](F)(CO)[C@@H](O)[C@@]2(C)O)c(=O)[nH]1. The van der Waals surface area contributed by atoms with Gasteiger partial charge in [-0.05, 0) is 6.92 Å². The molecule has 3 heterocycles. The maximum Gasteiger partial charge on any atom is 0.280 e. The Hall–Kier alpha value is -2.08. The van der Waals surface area contributed by atoms with Gasteiger partial charge in [-0.1, -0.05) is 0 Å². The Morgan fingerprint density at radius 1 is 1.61 bits per heavy atom. The summed E-state index contributed by atoms with van der Waals surface area (Å²) in [5.41, 5.74) is -2.64. The van der Waals surface area contributed by atoms with E-state index in [1.54, 1.807) is 0 Å². The third-order valence-corrected chi connectivity index (χ3v) is 3.91. The lowest BCUT2D eigenvalue weighted by Crippen LogP contribution is -2.48. The Labute approximate surface area is 128 Å². The van der Waals surface area contributed by atoms with E-state index in [1.165, 1.54) is 7.05 Å². The summed E-state index contributed by atoms with van der Waals surface area (Å²) < 4.78 is 20.5. The van der Waals surface area contributed by atoms with Crippen LogP contribution in [0.4, 0.5) is 10.3 Å². The Morgan fingerprint density at radius 2 is 2.30 bits per heavy atom. The van der Waals surface area contributed by atoms with E-state index < -0.39 is 36.0 Å². The zero-order valence-corrected chi connectivity index (χ0v) is 12.3. The second kappa shape index (κ2) is 4.96. The monoisotopic (exact) mass is 329 g/mol. The minimum atomic E-state index is -2.85. The van der Waals surface area contributed by atoms with Gasteiger partial charge < -0.3 is 25.4 Å². The first-order chi connectivity index (χ1) is 10.7. The molecule has 0 spiro atoms. The molecular weight excluding hydrogens is 313 g/mol. The molecule has 3 rings (SSSR count). The van der Waals surface area contributed by atoms with E-state index in [2.05, 4.69) is 20.3 Å². The lowest BCUT2D eigenvalue weighted by Gasteiger charge is -2.27. The van der Waals surface area contributed by atoms with Crippen LogP contribution in [0.1, 0.15) is 13.2 Å². The summed E-state index contributed by atoms with van der Waals surface area (Å²) in [5, 5.41) is 32.1. The molecule has 2 aromatic rings. The normalized spacial score (nSPS) is 34.2. The first kappa shape index (κ1) is 15.8. The Bertz CT molecular complexity index is 805. The molecule has 0 aliphatic carbocycles. The van der Waals surface area contributed by atoms with Crippen LogP contribution in [0.3, 0.4) is 0 Å². The molecule has 11 heteroatoms. The van der Waals surface area contributed by atoms with Gasteiger partial charge in [0.25, 0.3) is 11.4 Å². The van der Waals surface area contributed by atoms with Crippen LogP contribution in [0.2, 0.25) is 0 Å². The van der Waals surface area contributed by atoms with Crippen LogP contribution in [0.5, 0.6) is 0 Å². The summed E-state index contributed by atoms with van der Waals surface area (Å²) in [5.74, 6) is -2.71. The first-order valence-electron chi connectivity index (χ1n) is 6.77. The smallest absolute Gasteiger partial charge is 0.280 e. The number of rotatable bonds is 3. The number of nitrogens with one attached hydrogen (secondary N) is 2. The van der Waals surface area contributed by atoms with Crippen molar-refractivity contribution in [1.29, 1.82) is 0 Å². The van der Waals surface area contributed by atoms with Crippen molar-refractivity contribution in [3.05, 3.63) is 16.7 Å². The van der Waals surface area contributed by atoms with E-state index >= 15 is 0 Å². The molecule has 126 valence electrons. The van der Waals surface area contributed by atoms with Crippen LogP contribution in [-0.4, -0.2) is 66.1 Å². The number of anilines is 1. The predicted molar refractivity (Wildman–Crippen MR) is 75.4 cm³/mol. The summed E-state index contributed by atoms with van der Waals surface area (Å²) in [7, 11) is 1.54. The number of hydrogen-bond donors (Lipinski definition) is 5. The van der Waals surface area contributed by atoms with Gasteiger partial charge >= 0.3 is 0 Å². The summed E-state index contributed by atoms with van der Waals surface area (Å²) >= 11 is 0. The lowest BCUT2D eigenvalue weighted by atomic mass is 9.95. The molecular formula is C12H16FN5O5. The fourth-order valence-electron chi connectivity index (χ4n) is 2.62. The zero-order valence-electron chi connectivity index (χ0n) is 12.3. The number of aliphatic hydroxyl groups is 3. The molecule has 0 amide bonds. The highest BCUT2D eigenvalue weighted by Gasteiger charge is 2.62. The molecule has 0 unspecified atom stereocenters. The number of aromatic nitrogens is 4. The van der Waals surface area contributed by atoms with Crippen molar-refractivity contribution >= 4 is 17.1 Å². The lowest BCUT2D eigenvalue weighted by molar-refractivity contribution is -0.206. The van der Waals surface area contributed by atoms with Gasteiger partial charge in [-0.15, -0.1) is 0 Å². The number of alkyl halides is 1. The number of hydrogen-bond acceptors (Lipinski definition) is 8. The summed E-state index contributed by atoms with van der Waals surface area (Å²) in [4.78, 5) is 22.3. The van der Waals surface area contributed by atoms with Gasteiger partial charge in [0.2, 0.25) is 5.95 Å². The Balaban J connectivity index is 2.17. The van der Waals surface area contributed by atoms with Gasteiger partial charge in [-0.2, -0.15) is 4.98 Å². The standard InChI is InChI=1S/C12H16FN5O5/c1-11(22)8(21)12(13,3-19)23-9(11)18-4-15-5-6(18)16-10(14-2)17-7(5)20/h4,8-9,19,21-22H,3H2,1-2H3,(H2,14,16,17,20)/t8-,9+,11+,12+/m0/s1. The van der Waals surface area contributed by atoms with E-state index in [0.29, 0.717) is 0 Å². The average Bonchev–Trinajstić information content (AvgIpc) is 3.01. The van der Waals surface area contributed by atoms with Gasteiger partial charge in [-0.3, -0.25) is 14.3 Å². The fraction of sp³-hybridized carbons (Fsp3) is 0.583. The third kappa shape index (κ3) is 2.12. The predicted octanol–water partition coefficient (Wildman–Crippen LogP) is -1.54. The fourth-order valence-corrected chi connectivity index (χ4v) is 2.62. The van der Waals surface area contributed by atoms with E-state index in [0.717, 1.165) is 17.8 Å². The van der Waals surface area contributed by atoms with Crippen molar-refractivity contribution < 1.29 is 24.4 Å². The number of ether oxygens (including phenoxy) is 1. The third-order valence-electron chi connectivity index (χ3n) is 3.91. The topological polar surface area (TPSA) is 146 Å². The number of aromatic amines is 1. The number of fused-ring (bicyclic) bond motifs is 1. The van der Waals surface area contributed by atoms with Crippen LogP contribution in [-0.2, 0) is 4.74 Å². The summed E-state index contributed by atoms with van der Waals surface area (Å²) in [6.45, 7) is 0.000531. The summed E-state index contributed by atoms with van der Waals surface area (Å²) in [6, 6.07) is 0. The largest absolute Gasteiger partial charge is 0.390 e. The van der Waals surface area contributed by atoms with Crippen molar-refractivity contribution in [2.24, 2.45) is 0 Å². The highest BCUT2D eigenvalue weighted by Crippen LogP contribution is 2.45. The van der Waals surface area contributed by atoms with Crippen molar-refractivity contribution in [2.45, 2.75) is 30.7 Å². The molecule has 0 aromatic carbocycles. The highest BCUT2D eigenvalue weighted by atomic mass is 19.2. The molecule has 1 aliphatic heterocycles. The van der Waals surface area contributed by atoms with E-state index in [9.17, 15) is 19.4 Å². The van der Waals surface area contributed by atoms with Gasteiger partial charge in [0.1, 0.15) is 18.3 Å². The van der Waals surface area contributed by atoms with E-state index in [-0.39, 0.29) is 17.1 Å². The minimum Gasteiger partial charge on any atom is -0.390 e. The van der Waals surface area contributed by atoms with Crippen LogP contribution in [0.25, 0.3) is 11.2 Å². The van der Waals surface area contributed by atoms with Crippen molar-refractivity contribution in [1.82, 2.24) is 19.5 Å². The Morgan fingerprint density at radius 3 is 2.87 bits per heavy atom. The molecule has 10 nitrogen and oxygen atoms in total. The average molecular weight is 329 g/mol. The number of aliphatic hydroxyl groups excluding tert-OH is 2. The molecule has 0 radical (unpaired) electrons. The molecule has 5 N–H and O–H groups in total. The van der Waals surface area contributed by atoms with Crippen molar-refractivity contribution in [3.8, 4) is 0 Å². The highest BCUT2D eigenvalue weighted by molar-refractivity contribution is 5.71. The van der Waals surface area contributed by atoms with Crippen molar-refractivity contribution in [3.63, 3.8) is 0 Å². The quantitative estimate of drug-likeness (QED) is 0.455. The van der Waals surface area contributed by atoms with Gasteiger partial charge in [0.05, 0.1) is 6.33 Å². The van der Waals surface area contributed by atoms with Gasteiger partial charge in [-0.25, -0.2) is 9.37 Å². The molecule has 4 atom stereocenters. The summed E-state index contributed by atoms with van der Waals surface area (Å²) in [6.07, 6.45) is -2.31. The number of halogens is 1. The van der Waals surface area contributed by atoms with Crippen LogP contribution in [0.15, 0.2) is 11.1 Å². The zero-order chi connectivity index (χ0) is 17.0. The molecule has 0 bridgehead atoms.